The molecule has 1 amide bonds. The number of likely N-dealkylation sites (tertiary alicyclic amines) is 2. The topological polar surface area (TPSA) is 60.9 Å². The molecule has 1 N–H and O–H groups in total. The van der Waals surface area contributed by atoms with Crippen LogP contribution in [0.15, 0.2) is 24.3 Å². The molecule has 2 saturated heterocycles. The van der Waals surface area contributed by atoms with Crippen molar-refractivity contribution in [2.75, 3.05) is 19.6 Å². The van der Waals surface area contributed by atoms with Crippen LogP contribution < -0.4 is 0 Å². The summed E-state index contributed by atoms with van der Waals surface area (Å²) in [4.78, 5) is 27.7. The van der Waals surface area contributed by atoms with Crippen molar-refractivity contribution < 1.29 is 19.1 Å². The van der Waals surface area contributed by atoms with E-state index in [1.165, 1.54) is 12.1 Å². The van der Waals surface area contributed by atoms with Gasteiger partial charge in [0.2, 0.25) is 5.91 Å². The zero-order valence-electron chi connectivity index (χ0n) is 13.7. The molecular weight excluding hydrogens is 311 g/mol. The number of amides is 1. The average molecular weight is 334 g/mol. The standard InChI is InChI=1S/C18H23FN2O3/c19-15-6-1-4-13(10-15)11-20-8-2-5-14(12-20)17(22)21-9-3-7-16(21)18(23)24/h1,4,6,10,14,16H,2-3,5,7-9,11-12H2,(H,23,24). The lowest BCUT2D eigenvalue weighted by Crippen LogP contribution is -2.48. The zero-order chi connectivity index (χ0) is 17.1. The molecule has 1 aromatic carbocycles. The van der Waals surface area contributed by atoms with Crippen LogP contribution in [-0.2, 0) is 16.1 Å². The number of halogens is 1. The predicted octanol–water partition coefficient (Wildman–Crippen LogP) is 2.11. The lowest BCUT2D eigenvalue weighted by Gasteiger charge is -2.35. The number of carboxylic acid groups (broad SMARTS) is 1. The van der Waals surface area contributed by atoms with E-state index in [1.54, 1.807) is 11.0 Å². The summed E-state index contributed by atoms with van der Waals surface area (Å²) in [6.07, 6.45) is 2.99. The number of benzene rings is 1. The van der Waals surface area contributed by atoms with E-state index in [9.17, 15) is 19.1 Å². The molecule has 0 radical (unpaired) electrons. The van der Waals surface area contributed by atoms with Gasteiger partial charge in [0.15, 0.2) is 0 Å². The third-order valence-electron chi connectivity index (χ3n) is 4.97. The summed E-state index contributed by atoms with van der Waals surface area (Å²) < 4.78 is 13.3. The monoisotopic (exact) mass is 334 g/mol. The van der Waals surface area contributed by atoms with Crippen LogP contribution in [0.25, 0.3) is 0 Å². The third-order valence-corrected chi connectivity index (χ3v) is 4.97. The molecule has 5 nitrogen and oxygen atoms in total. The molecule has 24 heavy (non-hydrogen) atoms. The second-order valence-electron chi connectivity index (χ2n) is 6.73. The summed E-state index contributed by atoms with van der Waals surface area (Å²) in [6.45, 7) is 2.64. The van der Waals surface area contributed by atoms with Crippen molar-refractivity contribution in [3.63, 3.8) is 0 Å². The quantitative estimate of drug-likeness (QED) is 0.916. The molecule has 2 aliphatic rings. The average Bonchev–Trinajstić information content (AvgIpc) is 3.04. The summed E-state index contributed by atoms with van der Waals surface area (Å²) >= 11 is 0. The Bertz CT molecular complexity index is 622. The first-order valence-corrected chi connectivity index (χ1v) is 8.54. The fourth-order valence-electron chi connectivity index (χ4n) is 3.82. The first-order chi connectivity index (χ1) is 11.5. The zero-order valence-corrected chi connectivity index (χ0v) is 13.7. The van der Waals surface area contributed by atoms with Gasteiger partial charge in [0, 0.05) is 19.6 Å². The lowest BCUT2D eigenvalue weighted by molar-refractivity contribution is -0.150. The van der Waals surface area contributed by atoms with E-state index in [0.29, 0.717) is 26.1 Å². The number of hydrogen-bond donors (Lipinski definition) is 1. The van der Waals surface area contributed by atoms with Crippen LogP contribution in [0, 0.1) is 11.7 Å². The molecule has 2 heterocycles. The van der Waals surface area contributed by atoms with E-state index in [-0.39, 0.29) is 17.6 Å². The second kappa shape index (κ2) is 7.30. The minimum Gasteiger partial charge on any atom is -0.480 e. The van der Waals surface area contributed by atoms with Gasteiger partial charge >= 0.3 is 5.97 Å². The van der Waals surface area contributed by atoms with Crippen molar-refractivity contribution >= 4 is 11.9 Å². The maximum absolute atomic E-state index is 13.3. The molecule has 6 heteroatoms. The summed E-state index contributed by atoms with van der Waals surface area (Å²) in [5, 5.41) is 9.26. The number of carbonyl (C=O) groups is 2. The number of hydrogen-bond acceptors (Lipinski definition) is 3. The van der Waals surface area contributed by atoms with Crippen LogP contribution in [-0.4, -0.2) is 52.5 Å². The number of carboxylic acids is 1. The molecule has 2 fully saturated rings. The number of aliphatic carboxylic acids is 1. The van der Waals surface area contributed by atoms with Gasteiger partial charge in [0.1, 0.15) is 11.9 Å². The third kappa shape index (κ3) is 3.75. The molecule has 0 aromatic heterocycles. The Morgan fingerprint density at radius 1 is 1.21 bits per heavy atom. The van der Waals surface area contributed by atoms with Gasteiger partial charge in [-0.1, -0.05) is 12.1 Å². The first-order valence-electron chi connectivity index (χ1n) is 8.54. The molecule has 0 saturated carbocycles. The Kier molecular flexibility index (Phi) is 5.14. The minimum absolute atomic E-state index is 0.0381. The summed E-state index contributed by atoms with van der Waals surface area (Å²) in [7, 11) is 0. The molecule has 0 bridgehead atoms. The largest absolute Gasteiger partial charge is 0.480 e. The van der Waals surface area contributed by atoms with Crippen LogP contribution in [0.3, 0.4) is 0 Å². The van der Waals surface area contributed by atoms with Crippen molar-refractivity contribution in [2.45, 2.75) is 38.3 Å². The van der Waals surface area contributed by atoms with Crippen molar-refractivity contribution in [3.05, 3.63) is 35.6 Å². The molecule has 3 rings (SSSR count). The van der Waals surface area contributed by atoms with Gasteiger partial charge in [-0.05, 0) is 49.9 Å². The number of nitrogens with zero attached hydrogens (tertiary/aromatic N) is 2. The molecule has 2 unspecified atom stereocenters. The van der Waals surface area contributed by atoms with E-state index in [1.807, 2.05) is 6.07 Å². The van der Waals surface area contributed by atoms with Crippen molar-refractivity contribution in [1.29, 1.82) is 0 Å². The fourth-order valence-corrected chi connectivity index (χ4v) is 3.82. The SMILES string of the molecule is O=C(O)C1CCCN1C(=O)C1CCCN(Cc2cccc(F)c2)C1. The Morgan fingerprint density at radius 2 is 2.00 bits per heavy atom. The molecule has 1 aromatic rings. The van der Waals surface area contributed by atoms with Crippen molar-refractivity contribution in [1.82, 2.24) is 9.80 Å². The van der Waals surface area contributed by atoms with Crippen LogP contribution in [0.4, 0.5) is 4.39 Å². The van der Waals surface area contributed by atoms with E-state index in [4.69, 9.17) is 0 Å². The van der Waals surface area contributed by atoms with Gasteiger partial charge in [0.05, 0.1) is 5.92 Å². The van der Waals surface area contributed by atoms with E-state index in [0.717, 1.165) is 31.4 Å². The van der Waals surface area contributed by atoms with Gasteiger partial charge in [-0.25, -0.2) is 9.18 Å². The minimum atomic E-state index is -0.909. The fraction of sp³-hybridized carbons (Fsp3) is 0.556. The van der Waals surface area contributed by atoms with Gasteiger partial charge < -0.3 is 10.0 Å². The highest BCUT2D eigenvalue weighted by molar-refractivity contribution is 5.85. The van der Waals surface area contributed by atoms with Crippen LogP contribution in [0.5, 0.6) is 0 Å². The smallest absolute Gasteiger partial charge is 0.326 e. The highest BCUT2D eigenvalue weighted by atomic mass is 19.1. The normalized spacial score (nSPS) is 25.0. The maximum atomic E-state index is 13.3. The Labute approximate surface area is 141 Å². The summed E-state index contributed by atoms with van der Waals surface area (Å²) in [6, 6.07) is 5.85. The second-order valence-corrected chi connectivity index (χ2v) is 6.73. The summed E-state index contributed by atoms with van der Waals surface area (Å²) in [5.41, 5.74) is 0.896. The maximum Gasteiger partial charge on any atom is 0.326 e. The van der Waals surface area contributed by atoms with Crippen LogP contribution >= 0.6 is 0 Å². The van der Waals surface area contributed by atoms with Crippen molar-refractivity contribution in [2.24, 2.45) is 5.92 Å². The van der Waals surface area contributed by atoms with E-state index in [2.05, 4.69) is 4.90 Å². The number of carbonyl (C=O) groups excluding carboxylic acids is 1. The lowest BCUT2D eigenvalue weighted by atomic mass is 9.95. The molecule has 2 aliphatic heterocycles. The molecule has 130 valence electrons. The van der Waals surface area contributed by atoms with Gasteiger partial charge in [-0.2, -0.15) is 0 Å². The van der Waals surface area contributed by atoms with Crippen molar-refractivity contribution in [3.8, 4) is 0 Å². The first kappa shape index (κ1) is 16.9. The Morgan fingerprint density at radius 3 is 2.75 bits per heavy atom. The van der Waals surface area contributed by atoms with E-state index < -0.39 is 12.0 Å². The molecular formula is C18H23FN2O3. The van der Waals surface area contributed by atoms with Gasteiger partial charge in [-0.3, -0.25) is 9.69 Å². The highest BCUT2D eigenvalue weighted by Crippen LogP contribution is 2.25. The Balaban J connectivity index is 1.62. The molecule has 0 spiro atoms. The molecule has 2 atom stereocenters. The highest BCUT2D eigenvalue weighted by Gasteiger charge is 2.38. The van der Waals surface area contributed by atoms with Crippen LogP contribution in [0.2, 0.25) is 0 Å². The van der Waals surface area contributed by atoms with Crippen LogP contribution in [0.1, 0.15) is 31.2 Å². The van der Waals surface area contributed by atoms with E-state index >= 15 is 0 Å². The number of piperidine rings is 1. The number of rotatable bonds is 4. The Hall–Kier alpha value is -1.95. The molecule has 0 aliphatic carbocycles. The summed E-state index contributed by atoms with van der Waals surface area (Å²) in [5.74, 6) is -1.36. The van der Waals surface area contributed by atoms with Gasteiger partial charge in [0.25, 0.3) is 0 Å². The van der Waals surface area contributed by atoms with Gasteiger partial charge in [-0.15, -0.1) is 0 Å². The predicted molar refractivity (Wildman–Crippen MR) is 86.8 cm³/mol.